The van der Waals surface area contributed by atoms with E-state index in [1.54, 1.807) is 6.08 Å². The van der Waals surface area contributed by atoms with E-state index in [1.165, 1.54) is 23.9 Å². The van der Waals surface area contributed by atoms with E-state index < -0.39 is 11.7 Å². The number of halogens is 3. The standard InChI is InChI=1S/C20H18F3N5OS/c1-13-2-7-17(26-25-13)27-8-10-28(11-9-27)19-24-18(29)16(30-19)12-14-3-5-15(6-4-14)20(21,22)23/h2-7,12H,8-11H2,1H3. The van der Waals surface area contributed by atoms with E-state index >= 15 is 0 Å². The fourth-order valence-electron chi connectivity index (χ4n) is 3.14. The SMILES string of the molecule is Cc1ccc(N2CCN(C3=NC(=O)C(=Cc4ccc(C(F)(F)F)cc4)S3)CC2)nn1. The van der Waals surface area contributed by atoms with Crippen molar-refractivity contribution in [2.45, 2.75) is 13.1 Å². The normalized spacial score (nSPS) is 18.9. The zero-order valence-corrected chi connectivity index (χ0v) is 16.9. The van der Waals surface area contributed by atoms with Gasteiger partial charge in [-0.05, 0) is 54.6 Å². The van der Waals surface area contributed by atoms with Crippen LogP contribution >= 0.6 is 11.8 Å². The van der Waals surface area contributed by atoms with Crippen molar-refractivity contribution in [2.75, 3.05) is 31.1 Å². The van der Waals surface area contributed by atoms with Gasteiger partial charge in [0, 0.05) is 26.2 Å². The number of alkyl halides is 3. The number of carbonyl (C=O) groups is 1. The monoisotopic (exact) mass is 433 g/mol. The Kier molecular flexibility index (Phi) is 5.50. The van der Waals surface area contributed by atoms with Crippen molar-refractivity contribution in [3.05, 3.63) is 58.1 Å². The molecule has 0 spiro atoms. The molecule has 2 aliphatic rings. The van der Waals surface area contributed by atoms with Crippen LogP contribution in [0.1, 0.15) is 16.8 Å². The van der Waals surface area contributed by atoms with E-state index in [9.17, 15) is 18.0 Å². The highest BCUT2D eigenvalue weighted by Crippen LogP contribution is 2.32. The first kappa shape index (κ1) is 20.4. The molecule has 4 rings (SSSR count). The molecule has 0 atom stereocenters. The minimum atomic E-state index is -4.38. The van der Waals surface area contributed by atoms with Crippen LogP contribution in [0, 0.1) is 6.92 Å². The molecule has 2 aliphatic heterocycles. The Morgan fingerprint density at radius 3 is 2.23 bits per heavy atom. The summed E-state index contributed by atoms with van der Waals surface area (Å²) in [5.74, 6) is 0.446. The molecule has 0 unspecified atom stereocenters. The summed E-state index contributed by atoms with van der Waals surface area (Å²) >= 11 is 1.25. The van der Waals surface area contributed by atoms with E-state index in [0.717, 1.165) is 36.7 Å². The zero-order chi connectivity index (χ0) is 21.3. The van der Waals surface area contributed by atoms with Gasteiger partial charge in [0.2, 0.25) is 0 Å². The van der Waals surface area contributed by atoms with Gasteiger partial charge in [-0.2, -0.15) is 23.3 Å². The van der Waals surface area contributed by atoms with Gasteiger partial charge in [-0.3, -0.25) is 4.79 Å². The predicted molar refractivity (Wildman–Crippen MR) is 110 cm³/mol. The summed E-state index contributed by atoms with van der Waals surface area (Å²) in [4.78, 5) is 21.0. The molecule has 1 aromatic heterocycles. The second-order valence-corrected chi connectivity index (χ2v) is 7.95. The Bertz CT molecular complexity index is 995. The molecule has 3 heterocycles. The molecule has 6 nitrogen and oxygen atoms in total. The molecule has 1 fully saturated rings. The molecular weight excluding hydrogens is 415 g/mol. The number of aliphatic imine (C=N–C) groups is 1. The highest BCUT2D eigenvalue weighted by molar-refractivity contribution is 8.18. The zero-order valence-electron chi connectivity index (χ0n) is 16.1. The van der Waals surface area contributed by atoms with Gasteiger partial charge in [0.15, 0.2) is 11.0 Å². The maximum Gasteiger partial charge on any atom is 0.416 e. The van der Waals surface area contributed by atoms with Crippen molar-refractivity contribution in [2.24, 2.45) is 4.99 Å². The van der Waals surface area contributed by atoms with E-state index in [-0.39, 0.29) is 5.91 Å². The van der Waals surface area contributed by atoms with Gasteiger partial charge in [0.25, 0.3) is 5.91 Å². The average molecular weight is 433 g/mol. The highest BCUT2D eigenvalue weighted by Gasteiger charge is 2.31. The summed E-state index contributed by atoms with van der Waals surface area (Å²) in [6.45, 7) is 4.70. The third-order valence-corrected chi connectivity index (χ3v) is 5.85. The number of rotatable bonds is 2. The van der Waals surface area contributed by atoms with Crippen LogP contribution in [0.2, 0.25) is 0 Å². The topological polar surface area (TPSA) is 61.7 Å². The Labute approximate surface area is 175 Å². The largest absolute Gasteiger partial charge is 0.416 e. The van der Waals surface area contributed by atoms with Gasteiger partial charge in [0.05, 0.1) is 16.2 Å². The van der Waals surface area contributed by atoms with E-state index in [1.807, 2.05) is 24.0 Å². The maximum absolute atomic E-state index is 12.7. The second-order valence-electron chi connectivity index (χ2n) is 6.94. The summed E-state index contributed by atoms with van der Waals surface area (Å²) in [6, 6.07) is 8.57. The smallest absolute Gasteiger partial charge is 0.352 e. The van der Waals surface area contributed by atoms with Gasteiger partial charge in [-0.25, -0.2) is 0 Å². The van der Waals surface area contributed by atoms with Crippen molar-refractivity contribution in [3.8, 4) is 0 Å². The van der Waals surface area contributed by atoms with Crippen molar-refractivity contribution >= 4 is 34.7 Å². The van der Waals surface area contributed by atoms with E-state index in [2.05, 4.69) is 20.1 Å². The number of amides is 1. The summed E-state index contributed by atoms with van der Waals surface area (Å²) in [5.41, 5.74) is 0.668. The number of nitrogens with zero attached hydrogens (tertiary/aromatic N) is 5. The quantitative estimate of drug-likeness (QED) is 0.675. The number of amidine groups is 1. The van der Waals surface area contributed by atoms with Crippen LogP contribution in [0.3, 0.4) is 0 Å². The van der Waals surface area contributed by atoms with Crippen molar-refractivity contribution in [3.63, 3.8) is 0 Å². The molecule has 156 valence electrons. The van der Waals surface area contributed by atoms with Gasteiger partial charge < -0.3 is 9.80 Å². The molecule has 30 heavy (non-hydrogen) atoms. The first-order chi connectivity index (χ1) is 14.3. The maximum atomic E-state index is 12.7. The van der Waals surface area contributed by atoms with Crippen LogP contribution in [-0.2, 0) is 11.0 Å². The molecule has 0 bridgehead atoms. The van der Waals surface area contributed by atoms with Crippen LogP contribution in [0.4, 0.5) is 19.0 Å². The Hall–Kier alpha value is -2.88. The third-order valence-electron chi connectivity index (χ3n) is 4.80. The molecule has 0 N–H and O–H groups in total. The molecular formula is C20H18F3N5OS. The van der Waals surface area contributed by atoms with Crippen molar-refractivity contribution in [1.29, 1.82) is 0 Å². The van der Waals surface area contributed by atoms with Crippen LogP contribution in [0.5, 0.6) is 0 Å². The number of hydrogen-bond acceptors (Lipinski definition) is 6. The molecule has 1 saturated heterocycles. The molecule has 0 saturated carbocycles. The number of hydrogen-bond donors (Lipinski definition) is 0. The molecule has 0 aliphatic carbocycles. The van der Waals surface area contributed by atoms with E-state index in [4.69, 9.17) is 0 Å². The lowest BCUT2D eigenvalue weighted by Gasteiger charge is -2.35. The number of piperazine rings is 1. The van der Waals surface area contributed by atoms with Gasteiger partial charge in [0.1, 0.15) is 0 Å². The third kappa shape index (κ3) is 4.48. The number of carbonyl (C=O) groups excluding carboxylic acids is 1. The van der Waals surface area contributed by atoms with Gasteiger partial charge >= 0.3 is 6.18 Å². The summed E-state index contributed by atoms with van der Waals surface area (Å²) in [6.07, 6.45) is -2.81. The Balaban J connectivity index is 1.38. The summed E-state index contributed by atoms with van der Waals surface area (Å²) in [7, 11) is 0. The van der Waals surface area contributed by atoms with Crippen molar-refractivity contribution < 1.29 is 18.0 Å². The number of aryl methyl sites for hydroxylation is 1. The fourth-order valence-corrected chi connectivity index (χ4v) is 4.11. The number of benzene rings is 1. The molecule has 1 aromatic carbocycles. The number of aromatic nitrogens is 2. The van der Waals surface area contributed by atoms with Gasteiger partial charge in [-0.15, -0.1) is 5.10 Å². The number of thioether (sulfide) groups is 1. The average Bonchev–Trinajstić information content (AvgIpc) is 3.09. The van der Waals surface area contributed by atoms with Crippen LogP contribution in [0.15, 0.2) is 46.3 Å². The van der Waals surface area contributed by atoms with Gasteiger partial charge in [-0.1, -0.05) is 12.1 Å². The van der Waals surface area contributed by atoms with E-state index in [0.29, 0.717) is 28.7 Å². The minimum absolute atomic E-state index is 0.373. The Morgan fingerprint density at radius 2 is 1.63 bits per heavy atom. The first-order valence-corrected chi connectivity index (χ1v) is 10.1. The first-order valence-electron chi connectivity index (χ1n) is 9.30. The number of anilines is 1. The highest BCUT2D eigenvalue weighted by atomic mass is 32.2. The molecule has 10 heteroatoms. The lowest BCUT2D eigenvalue weighted by atomic mass is 10.1. The minimum Gasteiger partial charge on any atom is -0.352 e. The lowest BCUT2D eigenvalue weighted by molar-refractivity contribution is -0.137. The summed E-state index contributed by atoms with van der Waals surface area (Å²) in [5, 5.41) is 8.91. The molecule has 2 aromatic rings. The van der Waals surface area contributed by atoms with Crippen LogP contribution in [0.25, 0.3) is 6.08 Å². The predicted octanol–water partition coefficient (Wildman–Crippen LogP) is 3.60. The lowest BCUT2D eigenvalue weighted by Crippen LogP contribution is -2.48. The van der Waals surface area contributed by atoms with Crippen molar-refractivity contribution in [1.82, 2.24) is 15.1 Å². The molecule has 1 amide bonds. The fraction of sp³-hybridized carbons (Fsp3) is 0.300. The van der Waals surface area contributed by atoms with Crippen LogP contribution < -0.4 is 4.90 Å². The molecule has 0 radical (unpaired) electrons. The Morgan fingerprint density at radius 1 is 0.967 bits per heavy atom. The second kappa shape index (κ2) is 8.10. The summed E-state index contributed by atoms with van der Waals surface area (Å²) < 4.78 is 38.1. The van der Waals surface area contributed by atoms with Crippen LogP contribution in [-0.4, -0.2) is 52.4 Å².